The molecule has 0 atom stereocenters. The van der Waals surface area contributed by atoms with Gasteiger partial charge in [-0.3, -0.25) is 0 Å². The minimum Gasteiger partial charge on any atom is -0.309 e. The fourth-order valence-corrected chi connectivity index (χ4v) is 7.55. The SMILES string of the molecule is CC1(C)c2ccccc2-c2cc3c4ccccc4n(-c4cccc5c6ccccc6c6ccccc6c45)c3cc21. The number of fused-ring (bicyclic) bond motifs is 12. The molecule has 40 heavy (non-hydrogen) atoms. The van der Waals surface area contributed by atoms with Crippen LogP contribution in [0.3, 0.4) is 0 Å². The van der Waals surface area contributed by atoms with Crippen molar-refractivity contribution in [2.75, 3.05) is 0 Å². The van der Waals surface area contributed by atoms with E-state index in [-0.39, 0.29) is 5.41 Å². The van der Waals surface area contributed by atoms with E-state index < -0.39 is 0 Å². The van der Waals surface area contributed by atoms with Crippen molar-refractivity contribution in [1.82, 2.24) is 4.57 Å². The largest absolute Gasteiger partial charge is 0.309 e. The van der Waals surface area contributed by atoms with Gasteiger partial charge in [-0.15, -0.1) is 0 Å². The van der Waals surface area contributed by atoms with Crippen LogP contribution in [0.5, 0.6) is 0 Å². The maximum Gasteiger partial charge on any atom is 0.0547 e. The van der Waals surface area contributed by atoms with Crippen LogP contribution in [0.25, 0.3) is 70.9 Å². The Morgan fingerprint density at radius 1 is 0.425 bits per heavy atom. The highest BCUT2D eigenvalue weighted by Crippen LogP contribution is 2.51. The number of rotatable bonds is 1. The fraction of sp³-hybridized carbons (Fsp3) is 0.0769. The predicted octanol–water partition coefficient (Wildman–Crippen LogP) is 10.5. The smallest absolute Gasteiger partial charge is 0.0547 e. The second kappa shape index (κ2) is 7.61. The zero-order valence-electron chi connectivity index (χ0n) is 22.6. The van der Waals surface area contributed by atoms with Crippen molar-refractivity contribution in [2.24, 2.45) is 0 Å². The van der Waals surface area contributed by atoms with Crippen LogP contribution in [0.4, 0.5) is 0 Å². The van der Waals surface area contributed by atoms with E-state index in [2.05, 4.69) is 146 Å². The Hall–Kier alpha value is -4.88. The summed E-state index contributed by atoms with van der Waals surface area (Å²) in [7, 11) is 0. The van der Waals surface area contributed by atoms with Gasteiger partial charge >= 0.3 is 0 Å². The van der Waals surface area contributed by atoms with E-state index in [4.69, 9.17) is 0 Å². The van der Waals surface area contributed by atoms with Gasteiger partial charge in [-0.1, -0.05) is 117 Å². The average molecular weight is 510 g/mol. The van der Waals surface area contributed by atoms with Gasteiger partial charge in [-0.2, -0.15) is 0 Å². The van der Waals surface area contributed by atoms with Crippen LogP contribution < -0.4 is 0 Å². The lowest BCUT2D eigenvalue weighted by Gasteiger charge is -2.22. The van der Waals surface area contributed by atoms with Crippen LogP contribution >= 0.6 is 0 Å². The third-order valence-corrected chi connectivity index (χ3v) is 9.36. The molecule has 1 heteroatoms. The van der Waals surface area contributed by atoms with Crippen LogP contribution in [0.1, 0.15) is 25.0 Å². The molecule has 0 aliphatic heterocycles. The maximum atomic E-state index is 2.52. The second-order valence-corrected chi connectivity index (χ2v) is 11.7. The summed E-state index contributed by atoms with van der Waals surface area (Å²) in [4.78, 5) is 0. The Bertz CT molecular complexity index is 2300. The van der Waals surface area contributed by atoms with E-state index in [1.54, 1.807) is 0 Å². The average Bonchev–Trinajstić information content (AvgIpc) is 3.44. The summed E-state index contributed by atoms with van der Waals surface area (Å²) < 4.78 is 2.52. The molecule has 0 amide bonds. The van der Waals surface area contributed by atoms with E-state index in [0.717, 1.165) is 0 Å². The Balaban J connectivity index is 1.49. The molecule has 0 saturated carbocycles. The van der Waals surface area contributed by atoms with Crippen LogP contribution in [0.15, 0.2) is 127 Å². The molecule has 0 N–H and O–H groups in total. The highest BCUT2D eigenvalue weighted by atomic mass is 15.0. The molecule has 7 aromatic carbocycles. The van der Waals surface area contributed by atoms with E-state index in [0.29, 0.717) is 0 Å². The van der Waals surface area contributed by atoms with Crippen molar-refractivity contribution in [3.05, 3.63) is 139 Å². The molecule has 0 bridgehead atoms. The van der Waals surface area contributed by atoms with Gasteiger partial charge in [-0.25, -0.2) is 0 Å². The predicted molar refractivity (Wildman–Crippen MR) is 171 cm³/mol. The molecule has 1 nitrogen and oxygen atoms in total. The monoisotopic (exact) mass is 509 g/mol. The third kappa shape index (κ3) is 2.67. The van der Waals surface area contributed by atoms with E-state index in [1.807, 2.05) is 0 Å². The highest BCUT2D eigenvalue weighted by Gasteiger charge is 2.36. The highest BCUT2D eigenvalue weighted by molar-refractivity contribution is 6.28. The van der Waals surface area contributed by atoms with E-state index >= 15 is 0 Å². The van der Waals surface area contributed by atoms with E-state index in [1.165, 1.54) is 82.1 Å². The first kappa shape index (κ1) is 22.0. The lowest BCUT2D eigenvalue weighted by atomic mass is 9.82. The molecule has 1 aliphatic rings. The zero-order chi connectivity index (χ0) is 26.6. The topological polar surface area (TPSA) is 4.93 Å². The molecule has 1 heterocycles. The van der Waals surface area contributed by atoms with Gasteiger partial charge in [0, 0.05) is 21.6 Å². The first-order chi connectivity index (χ1) is 19.6. The van der Waals surface area contributed by atoms with Gasteiger partial charge in [0.2, 0.25) is 0 Å². The van der Waals surface area contributed by atoms with Crippen molar-refractivity contribution >= 4 is 54.1 Å². The Morgan fingerprint density at radius 2 is 1.00 bits per heavy atom. The van der Waals surface area contributed by atoms with E-state index in [9.17, 15) is 0 Å². The Morgan fingerprint density at radius 3 is 1.75 bits per heavy atom. The van der Waals surface area contributed by atoms with Crippen LogP contribution in [-0.2, 0) is 5.41 Å². The van der Waals surface area contributed by atoms with Crippen molar-refractivity contribution in [3.63, 3.8) is 0 Å². The molecule has 188 valence electrons. The molecule has 1 aromatic heterocycles. The summed E-state index contributed by atoms with van der Waals surface area (Å²) in [5.41, 5.74) is 9.25. The summed E-state index contributed by atoms with van der Waals surface area (Å²) >= 11 is 0. The molecule has 0 unspecified atom stereocenters. The molecule has 0 fully saturated rings. The first-order valence-electron chi connectivity index (χ1n) is 14.1. The van der Waals surface area contributed by atoms with Crippen LogP contribution in [-0.4, -0.2) is 4.57 Å². The van der Waals surface area contributed by atoms with Gasteiger partial charge < -0.3 is 4.57 Å². The number of aromatic nitrogens is 1. The summed E-state index contributed by atoms with van der Waals surface area (Å²) in [6.45, 7) is 4.74. The van der Waals surface area contributed by atoms with Crippen molar-refractivity contribution in [3.8, 4) is 16.8 Å². The zero-order valence-corrected chi connectivity index (χ0v) is 22.6. The number of nitrogens with zero attached hydrogens (tertiary/aromatic N) is 1. The molecule has 8 aromatic rings. The summed E-state index contributed by atoms with van der Waals surface area (Å²) in [6, 6.07) is 47.3. The van der Waals surface area contributed by atoms with Crippen LogP contribution in [0.2, 0.25) is 0 Å². The minimum atomic E-state index is -0.0525. The molecule has 0 saturated heterocycles. The summed E-state index contributed by atoms with van der Waals surface area (Å²) in [6.07, 6.45) is 0. The van der Waals surface area contributed by atoms with Crippen molar-refractivity contribution in [2.45, 2.75) is 19.3 Å². The van der Waals surface area contributed by atoms with Crippen LogP contribution in [0, 0.1) is 0 Å². The lowest BCUT2D eigenvalue weighted by Crippen LogP contribution is -2.15. The third-order valence-electron chi connectivity index (χ3n) is 9.36. The number of hydrogen-bond donors (Lipinski definition) is 0. The summed E-state index contributed by atoms with van der Waals surface area (Å²) in [5, 5.41) is 10.4. The minimum absolute atomic E-state index is 0.0525. The van der Waals surface area contributed by atoms with Gasteiger partial charge in [-0.05, 0) is 73.5 Å². The van der Waals surface area contributed by atoms with Gasteiger partial charge in [0.15, 0.2) is 0 Å². The second-order valence-electron chi connectivity index (χ2n) is 11.7. The van der Waals surface area contributed by atoms with Crippen molar-refractivity contribution in [1.29, 1.82) is 0 Å². The first-order valence-corrected chi connectivity index (χ1v) is 14.1. The molecular formula is C39H27N. The quantitative estimate of drug-likeness (QED) is 0.194. The Kier molecular flexibility index (Phi) is 4.18. The standard InChI is InChI=1S/C39H27N/c1-39(2)33-19-9-7-15-27(33)31-22-32-28-16-8-10-20-35(28)40(37(32)23-34(31)39)36-21-11-18-30-26-13-4-3-12-24(26)25-14-5-6-17-29(25)38(30)36/h3-23H,1-2H3. The number of para-hydroxylation sites is 1. The molecule has 1 aliphatic carbocycles. The maximum absolute atomic E-state index is 2.52. The molecule has 0 radical (unpaired) electrons. The normalized spacial score (nSPS) is 13.9. The lowest BCUT2D eigenvalue weighted by molar-refractivity contribution is 0.661. The number of benzene rings is 7. The number of hydrogen-bond acceptors (Lipinski definition) is 0. The van der Waals surface area contributed by atoms with Crippen molar-refractivity contribution < 1.29 is 0 Å². The van der Waals surface area contributed by atoms with Gasteiger partial charge in [0.25, 0.3) is 0 Å². The van der Waals surface area contributed by atoms with Gasteiger partial charge in [0.1, 0.15) is 0 Å². The molecular weight excluding hydrogens is 482 g/mol. The van der Waals surface area contributed by atoms with Gasteiger partial charge in [0.05, 0.1) is 16.7 Å². The fourth-order valence-electron chi connectivity index (χ4n) is 7.55. The Labute approximate surface area is 232 Å². The molecule has 9 rings (SSSR count). The summed E-state index contributed by atoms with van der Waals surface area (Å²) in [5.74, 6) is 0. The molecule has 0 spiro atoms.